The van der Waals surface area contributed by atoms with Crippen molar-refractivity contribution in [1.82, 2.24) is 15.6 Å². The standard InChI is InChI=1S/C20H22FN3O8S3/c1-3-13-15(21)5-4-14(18(13)33-2)12-10-16(19(25)22-6-8-34(27,28)29)24-17(11-12)20(26)23-7-9-35(30,31)32/h3-5,10-11H,1,6-9H2,2H3,(H,22,25)(H,23,26)(H,27,28,29)(H,30,31,32). The van der Waals surface area contributed by atoms with E-state index >= 15 is 0 Å². The summed E-state index contributed by atoms with van der Waals surface area (Å²) >= 11 is 1.20. The number of carbonyl (C=O) groups excluding carboxylic acids is 2. The summed E-state index contributed by atoms with van der Waals surface area (Å²) < 4.78 is 75.5. The molecule has 0 bridgehead atoms. The van der Waals surface area contributed by atoms with Crippen LogP contribution in [0.5, 0.6) is 0 Å². The Morgan fingerprint density at radius 2 is 1.51 bits per heavy atom. The molecule has 0 aliphatic carbocycles. The Labute approximate surface area is 205 Å². The van der Waals surface area contributed by atoms with Crippen molar-refractivity contribution < 1.29 is 39.9 Å². The van der Waals surface area contributed by atoms with E-state index in [0.717, 1.165) is 0 Å². The predicted octanol–water partition coefficient (Wildman–Crippen LogP) is 1.49. The molecule has 0 saturated heterocycles. The third kappa shape index (κ3) is 8.40. The number of hydrogen-bond acceptors (Lipinski definition) is 8. The summed E-state index contributed by atoms with van der Waals surface area (Å²) in [4.78, 5) is 29.6. The summed E-state index contributed by atoms with van der Waals surface area (Å²) in [6.45, 7) is 2.73. The van der Waals surface area contributed by atoms with Crippen LogP contribution in [0.2, 0.25) is 0 Å². The molecule has 1 aromatic carbocycles. The van der Waals surface area contributed by atoms with Crippen LogP contribution >= 0.6 is 11.8 Å². The van der Waals surface area contributed by atoms with E-state index in [2.05, 4.69) is 22.2 Å². The van der Waals surface area contributed by atoms with Crippen LogP contribution in [0.3, 0.4) is 0 Å². The van der Waals surface area contributed by atoms with E-state index in [0.29, 0.717) is 10.5 Å². The third-order valence-corrected chi connectivity index (χ3v) is 6.73. The largest absolute Gasteiger partial charge is 0.350 e. The third-order valence-electron chi connectivity index (χ3n) is 4.44. The van der Waals surface area contributed by atoms with E-state index in [4.69, 9.17) is 9.11 Å². The first-order chi connectivity index (χ1) is 16.3. The summed E-state index contributed by atoms with van der Waals surface area (Å²) in [5.74, 6) is -3.76. The zero-order valence-electron chi connectivity index (χ0n) is 18.3. The number of thioether (sulfide) groups is 1. The predicted molar refractivity (Wildman–Crippen MR) is 129 cm³/mol. The highest BCUT2D eigenvalue weighted by Crippen LogP contribution is 2.35. The van der Waals surface area contributed by atoms with Crippen molar-refractivity contribution in [1.29, 1.82) is 0 Å². The second kappa shape index (κ2) is 11.7. The summed E-state index contributed by atoms with van der Waals surface area (Å²) in [6, 6.07) is 5.23. The minimum Gasteiger partial charge on any atom is -0.350 e. The molecule has 0 unspecified atom stereocenters. The van der Waals surface area contributed by atoms with Crippen molar-refractivity contribution in [2.75, 3.05) is 30.9 Å². The van der Waals surface area contributed by atoms with E-state index < -0.39 is 62.5 Å². The topological polar surface area (TPSA) is 180 Å². The lowest BCUT2D eigenvalue weighted by Crippen LogP contribution is -2.32. The van der Waals surface area contributed by atoms with Gasteiger partial charge in [-0.25, -0.2) is 9.37 Å². The minimum atomic E-state index is -4.33. The number of rotatable bonds is 11. The molecule has 1 aromatic heterocycles. The molecule has 1 heterocycles. The number of pyridine rings is 1. The maximum Gasteiger partial charge on any atom is 0.269 e. The zero-order chi connectivity index (χ0) is 26.4. The van der Waals surface area contributed by atoms with Crippen LogP contribution in [0.25, 0.3) is 17.2 Å². The molecular weight excluding hydrogens is 525 g/mol. The molecule has 2 rings (SSSR count). The van der Waals surface area contributed by atoms with Crippen molar-refractivity contribution in [2.45, 2.75) is 4.90 Å². The van der Waals surface area contributed by atoms with Gasteiger partial charge in [0, 0.05) is 23.5 Å². The van der Waals surface area contributed by atoms with Crippen molar-refractivity contribution in [3.8, 4) is 11.1 Å². The number of aromatic nitrogens is 1. The van der Waals surface area contributed by atoms with Gasteiger partial charge in [0.25, 0.3) is 32.1 Å². The lowest BCUT2D eigenvalue weighted by Gasteiger charge is -2.14. The van der Waals surface area contributed by atoms with Gasteiger partial charge in [-0.1, -0.05) is 18.7 Å². The van der Waals surface area contributed by atoms with Crippen LogP contribution in [-0.2, 0) is 20.2 Å². The van der Waals surface area contributed by atoms with Gasteiger partial charge >= 0.3 is 0 Å². The highest BCUT2D eigenvalue weighted by atomic mass is 32.2. The lowest BCUT2D eigenvalue weighted by molar-refractivity contribution is 0.0947. The Hall–Kier alpha value is -2.85. The number of nitrogens with zero attached hydrogens (tertiary/aromatic N) is 1. The van der Waals surface area contributed by atoms with Gasteiger partial charge in [0.2, 0.25) is 0 Å². The highest BCUT2D eigenvalue weighted by molar-refractivity contribution is 7.98. The van der Waals surface area contributed by atoms with Crippen LogP contribution in [0.1, 0.15) is 26.5 Å². The zero-order valence-corrected chi connectivity index (χ0v) is 20.8. The van der Waals surface area contributed by atoms with Crippen molar-refractivity contribution in [3.05, 3.63) is 53.6 Å². The molecule has 15 heteroatoms. The number of amides is 2. The molecule has 35 heavy (non-hydrogen) atoms. The number of benzene rings is 1. The van der Waals surface area contributed by atoms with Crippen LogP contribution in [-0.4, -0.2) is 73.6 Å². The quantitative estimate of drug-likeness (QED) is 0.238. The van der Waals surface area contributed by atoms with Gasteiger partial charge in [-0.2, -0.15) is 16.8 Å². The Morgan fingerprint density at radius 1 is 1.03 bits per heavy atom. The molecule has 11 nitrogen and oxygen atoms in total. The van der Waals surface area contributed by atoms with Gasteiger partial charge in [-0.15, -0.1) is 11.8 Å². The SMILES string of the molecule is C=Cc1c(F)ccc(-c2cc(C(=O)NCCS(=O)(=O)O)nc(C(=O)NCCS(=O)(=O)O)c2)c1SC. The molecule has 0 saturated carbocycles. The monoisotopic (exact) mass is 547 g/mol. The number of halogens is 1. The Balaban J connectivity index is 2.53. The van der Waals surface area contributed by atoms with E-state index in [1.165, 1.54) is 42.1 Å². The highest BCUT2D eigenvalue weighted by Gasteiger charge is 2.19. The first kappa shape index (κ1) is 28.4. The molecule has 0 atom stereocenters. The van der Waals surface area contributed by atoms with E-state index in [1.54, 1.807) is 6.26 Å². The average molecular weight is 548 g/mol. The van der Waals surface area contributed by atoms with Crippen LogP contribution in [0.15, 0.2) is 35.7 Å². The summed E-state index contributed by atoms with van der Waals surface area (Å²) in [6.07, 6.45) is 3.01. The second-order valence-electron chi connectivity index (χ2n) is 6.96. The fourth-order valence-corrected chi connectivity index (χ4v) is 4.43. The van der Waals surface area contributed by atoms with Gasteiger partial charge in [0.1, 0.15) is 17.2 Å². The van der Waals surface area contributed by atoms with Gasteiger partial charge in [-0.3, -0.25) is 18.7 Å². The molecule has 0 spiro atoms. The van der Waals surface area contributed by atoms with Crippen molar-refractivity contribution >= 4 is 49.9 Å². The first-order valence-corrected chi connectivity index (χ1v) is 14.2. The van der Waals surface area contributed by atoms with E-state index in [1.807, 2.05) is 0 Å². The minimum absolute atomic E-state index is 0.199. The molecule has 4 N–H and O–H groups in total. The lowest BCUT2D eigenvalue weighted by atomic mass is 10.0. The van der Waals surface area contributed by atoms with Gasteiger partial charge in [-0.05, 0) is 35.6 Å². The molecule has 2 amide bonds. The number of nitrogens with one attached hydrogen (secondary N) is 2. The van der Waals surface area contributed by atoms with Crippen LogP contribution < -0.4 is 10.6 Å². The maximum absolute atomic E-state index is 14.3. The van der Waals surface area contributed by atoms with E-state index in [-0.39, 0.29) is 22.5 Å². The fraction of sp³-hybridized carbons (Fsp3) is 0.250. The second-order valence-corrected chi connectivity index (χ2v) is 10.9. The van der Waals surface area contributed by atoms with Crippen molar-refractivity contribution in [2.24, 2.45) is 0 Å². The smallest absolute Gasteiger partial charge is 0.269 e. The maximum atomic E-state index is 14.3. The molecular formula is C20H22FN3O8S3. The molecule has 190 valence electrons. The number of hydrogen-bond donors (Lipinski definition) is 4. The number of carbonyl (C=O) groups is 2. The Morgan fingerprint density at radius 3 is 1.91 bits per heavy atom. The molecule has 0 fully saturated rings. The average Bonchev–Trinajstić information content (AvgIpc) is 2.76. The molecule has 0 radical (unpaired) electrons. The van der Waals surface area contributed by atoms with Gasteiger partial charge in [0.05, 0.1) is 11.5 Å². The molecule has 0 aliphatic rings. The summed E-state index contributed by atoms with van der Waals surface area (Å²) in [7, 11) is -8.67. The van der Waals surface area contributed by atoms with Gasteiger partial charge in [0.15, 0.2) is 0 Å². The fourth-order valence-electron chi connectivity index (χ4n) is 2.90. The summed E-state index contributed by atoms with van der Waals surface area (Å²) in [5, 5.41) is 4.52. The van der Waals surface area contributed by atoms with Crippen molar-refractivity contribution in [3.63, 3.8) is 0 Å². The molecule has 0 aliphatic heterocycles. The normalized spacial score (nSPS) is 11.7. The van der Waals surface area contributed by atoms with E-state index in [9.17, 15) is 30.8 Å². The molecule has 2 aromatic rings. The van der Waals surface area contributed by atoms with Crippen LogP contribution in [0, 0.1) is 5.82 Å². The first-order valence-electron chi connectivity index (χ1n) is 9.74. The van der Waals surface area contributed by atoms with Gasteiger partial charge < -0.3 is 10.6 Å². The Bertz CT molecular complexity index is 1290. The summed E-state index contributed by atoms with van der Waals surface area (Å²) in [5.41, 5.74) is 0.330. The van der Waals surface area contributed by atoms with Crippen LogP contribution in [0.4, 0.5) is 4.39 Å². The Kier molecular flexibility index (Phi) is 9.51.